The molecular weight excluding hydrogens is 446 g/mol. The highest BCUT2D eigenvalue weighted by Crippen LogP contribution is 2.41. The first-order chi connectivity index (χ1) is 16.1. The van der Waals surface area contributed by atoms with Crippen molar-refractivity contribution in [1.29, 1.82) is 0 Å². The number of anilines is 1. The highest BCUT2D eigenvalue weighted by molar-refractivity contribution is 7.99. The molecule has 0 spiro atoms. The van der Waals surface area contributed by atoms with Gasteiger partial charge in [0.05, 0.1) is 23.4 Å². The first-order valence-corrected chi connectivity index (χ1v) is 12.1. The van der Waals surface area contributed by atoms with Crippen molar-refractivity contribution in [3.63, 3.8) is 0 Å². The third-order valence-corrected chi connectivity index (χ3v) is 6.86. The predicted molar refractivity (Wildman–Crippen MR) is 134 cm³/mol. The smallest absolute Gasteiger partial charge is 0.340 e. The summed E-state index contributed by atoms with van der Waals surface area (Å²) in [5.41, 5.74) is 8.54. The third kappa shape index (κ3) is 4.26. The van der Waals surface area contributed by atoms with E-state index < -0.39 is 5.97 Å². The molecule has 0 aliphatic heterocycles. The van der Waals surface area contributed by atoms with Crippen molar-refractivity contribution >= 4 is 35.0 Å². The lowest BCUT2D eigenvalue weighted by Crippen LogP contribution is -2.25. The Labute approximate surface area is 203 Å². The zero-order chi connectivity index (χ0) is 24.6. The van der Waals surface area contributed by atoms with Crippen LogP contribution in [0.3, 0.4) is 0 Å². The molecule has 0 radical (unpaired) electrons. The summed E-state index contributed by atoms with van der Waals surface area (Å²) in [5, 5.41) is 0. The van der Waals surface area contributed by atoms with Crippen molar-refractivity contribution in [3.05, 3.63) is 88.0 Å². The molecule has 1 aliphatic carbocycles. The number of fused-ring (bicyclic) bond motifs is 2. The Morgan fingerprint density at radius 2 is 1.53 bits per heavy atom. The second-order valence-electron chi connectivity index (χ2n) is 9.30. The second-order valence-corrected chi connectivity index (χ2v) is 10.4. The molecule has 6 heteroatoms. The number of carbonyl (C=O) groups excluding carboxylic acids is 3. The summed E-state index contributed by atoms with van der Waals surface area (Å²) in [6.45, 7) is 8.55. The van der Waals surface area contributed by atoms with Gasteiger partial charge in [-0.3, -0.25) is 9.59 Å². The monoisotopic (exact) mass is 473 g/mol. The van der Waals surface area contributed by atoms with E-state index in [0.717, 1.165) is 4.90 Å². The van der Waals surface area contributed by atoms with Crippen LogP contribution in [-0.4, -0.2) is 24.1 Å². The number of ether oxygens (including phenoxy) is 1. The average Bonchev–Trinajstić information content (AvgIpc) is 2.81. The molecule has 0 fully saturated rings. The number of hydrogen-bond acceptors (Lipinski definition) is 6. The van der Waals surface area contributed by atoms with Gasteiger partial charge in [-0.2, -0.15) is 0 Å². The Morgan fingerprint density at radius 1 is 0.941 bits per heavy atom. The van der Waals surface area contributed by atoms with Crippen LogP contribution >= 0.6 is 11.8 Å². The largest absolute Gasteiger partial charge is 0.462 e. The van der Waals surface area contributed by atoms with Crippen LogP contribution in [0.5, 0.6) is 0 Å². The SMILES string of the molecule is CCCOC(=O)c1cc(Sc2ccc(C(C)(C)C)cc2)c2c(c1N)C(=O)c1ccccc1C2=O. The predicted octanol–water partition coefficient (Wildman–Crippen LogP) is 6.06. The number of nitrogens with two attached hydrogens (primary N) is 1. The molecule has 3 aromatic rings. The maximum absolute atomic E-state index is 13.5. The zero-order valence-electron chi connectivity index (χ0n) is 19.7. The number of nitrogen functional groups attached to an aromatic ring is 1. The van der Waals surface area contributed by atoms with Gasteiger partial charge in [0.25, 0.3) is 0 Å². The molecule has 2 N–H and O–H groups in total. The molecule has 5 nitrogen and oxygen atoms in total. The fourth-order valence-corrected chi connectivity index (χ4v) is 4.95. The van der Waals surface area contributed by atoms with Gasteiger partial charge in [-0.15, -0.1) is 0 Å². The summed E-state index contributed by atoms with van der Waals surface area (Å²) < 4.78 is 5.31. The van der Waals surface area contributed by atoms with Gasteiger partial charge in [0, 0.05) is 26.5 Å². The summed E-state index contributed by atoms with van der Waals surface area (Å²) >= 11 is 1.33. The summed E-state index contributed by atoms with van der Waals surface area (Å²) in [7, 11) is 0. The Bertz CT molecular complexity index is 1300. The van der Waals surface area contributed by atoms with Crippen LogP contribution in [-0.2, 0) is 10.2 Å². The Balaban J connectivity index is 1.87. The van der Waals surface area contributed by atoms with E-state index >= 15 is 0 Å². The lowest BCUT2D eigenvalue weighted by atomic mass is 9.82. The van der Waals surface area contributed by atoms with Crippen LogP contribution < -0.4 is 5.73 Å². The average molecular weight is 474 g/mol. The van der Waals surface area contributed by atoms with Crippen molar-refractivity contribution in [2.24, 2.45) is 0 Å². The first-order valence-electron chi connectivity index (χ1n) is 11.2. The van der Waals surface area contributed by atoms with Crippen LogP contribution in [0.1, 0.15) is 81.9 Å². The van der Waals surface area contributed by atoms with Gasteiger partial charge >= 0.3 is 5.97 Å². The quantitative estimate of drug-likeness (QED) is 0.280. The molecule has 0 bridgehead atoms. The fourth-order valence-electron chi connectivity index (χ4n) is 3.96. The topological polar surface area (TPSA) is 86.5 Å². The van der Waals surface area contributed by atoms with E-state index in [1.807, 2.05) is 31.2 Å². The number of ketones is 2. The molecule has 0 amide bonds. The molecule has 4 rings (SSSR count). The van der Waals surface area contributed by atoms with Crippen molar-refractivity contribution < 1.29 is 19.1 Å². The molecule has 0 saturated heterocycles. The van der Waals surface area contributed by atoms with Crippen molar-refractivity contribution in [2.45, 2.75) is 49.3 Å². The summed E-state index contributed by atoms with van der Waals surface area (Å²) in [4.78, 5) is 41.1. The first kappa shape index (κ1) is 23.8. The Kier molecular flexibility index (Phi) is 6.36. The number of esters is 1. The van der Waals surface area contributed by atoms with E-state index in [0.29, 0.717) is 16.9 Å². The summed E-state index contributed by atoms with van der Waals surface area (Å²) in [5.74, 6) is -1.25. The fraction of sp³-hybridized carbons (Fsp3) is 0.250. The van der Waals surface area contributed by atoms with Crippen molar-refractivity contribution in [2.75, 3.05) is 12.3 Å². The molecule has 1 aliphatic rings. The molecule has 0 heterocycles. The van der Waals surface area contributed by atoms with Crippen molar-refractivity contribution in [3.8, 4) is 0 Å². The van der Waals surface area contributed by atoms with Crippen LogP contribution in [0.15, 0.2) is 64.4 Å². The maximum atomic E-state index is 13.5. The van der Waals surface area contributed by atoms with E-state index in [2.05, 4.69) is 20.8 Å². The normalized spacial score (nSPS) is 12.8. The van der Waals surface area contributed by atoms with Gasteiger partial charge in [0.1, 0.15) is 0 Å². The van der Waals surface area contributed by atoms with E-state index in [1.54, 1.807) is 30.3 Å². The van der Waals surface area contributed by atoms with Gasteiger partial charge in [-0.1, -0.05) is 75.9 Å². The van der Waals surface area contributed by atoms with E-state index in [1.165, 1.54) is 17.3 Å². The molecule has 0 atom stereocenters. The highest BCUT2D eigenvalue weighted by atomic mass is 32.2. The van der Waals surface area contributed by atoms with Crippen LogP contribution in [0.25, 0.3) is 0 Å². The van der Waals surface area contributed by atoms with Gasteiger partial charge in [-0.05, 0) is 35.6 Å². The molecule has 174 valence electrons. The summed E-state index contributed by atoms with van der Waals surface area (Å²) in [6.07, 6.45) is 0.656. The highest BCUT2D eigenvalue weighted by Gasteiger charge is 2.36. The van der Waals surface area contributed by atoms with E-state index in [9.17, 15) is 14.4 Å². The zero-order valence-corrected chi connectivity index (χ0v) is 20.5. The Hall–Kier alpha value is -3.38. The van der Waals surface area contributed by atoms with Gasteiger partial charge < -0.3 is 10.5 Å². The third-order valence-electron chi connectivity index (χ3n) is 5.81. The second kappa shape index (κ2) is 9.11. The van der Waals surface area contributed by atoms with Crippen molar-refractivity contribution in [1.82, 2.24) is 0 Å². The molecule has 0 unspecified atom stereocenters. The standard InChI is InChI=1S/C28H27NO4S/c1-5-14-33-27(32)20-15-21(34-17-12-10-16(11-13-17)28(2,3)4)22-23(24(20)29)26(31)19-9-7-6-8-18(19)25(22)30/h6-13,15H,5,14,29H2,1-4H3. The molecule has 0 aromatic heterocycles. The number of hydrogen-bond donors (Lipinski definition) is 1. The maximum Gasteiger partial charge on any atom is 0.340 e. The van der Waals surface area contributed by atoms with Gasteiger partial charge in [0.15, 0.2) is 11.6 Å². The van der Waals surface area contributed by atoms with Gasteiger partial charge in [-0.25, -0.2) is 4.79 Å². The minimum Gasteiger partial charge on any atom is -0.462 e. The Morgan fingerprint density at radius 3 is 2.09 bits per heavy atom. The van der Waals surface area contributed by atoms with Gasteiger partial charge in [0.2, 0.25) is 0 Å². The van der Waals surface area contributed by atoms with Crippen LogP contribution in [0, 0.1) is 0 Å². The number of benzene rings is 3. The van der Waals surface area contributed by atoms with Crippen LogP contribution in [0.2, 0.25) is 0 Å². The molecule has 34 heavy (non-hydrogen) atoms. The molecule has 3 aromatic carbocycles. The lowest BCUT2D eigenvalue weighted by molar-refractivity contribution is 0.0505. The minimum atomic E-state index is -0.605. The minimum absolute atomic E-state index is 0.00581. The summed E-state index contributed by atoms with van der Waals surface area (Å²) in [6, 6.07) is 16.3. The lowest BCUT2D eigenvalue weighted by Gasteiger charge is -2.23. The van der Waals surface area contributed by atoms with E-state index in [4.69, 9.17) is 10.5 Å². The molecule has 0 saturated carbocycles. The van der Waals surface area contributed by atoms with E-state index in [-0.39, 0.29) is 51.5 Å². The van der Waals surface area contributed by atoms with Crippen LogP contribution in [0.4, 0.5) is 5.69 Å². The number of rotatable bonds is 5. The molecular formula is C28H27NO4S. The number of carbonyl (C=O) groups is 3.